The highest BCUT2D eigenvalue weighted by Crippen LogP contribution is 2.37. The van der Waals surface area contributed by atoms with Crippen LogP contribution in [0.15, 0.2) is 18.2 Å². The summed E-state index contributed by atoms with van der Waals surface area (Å²) in [6.07, 6.45) is 3.58. The standard InChI is InChI=1S/C14H18ClIO3S/c1-20(18,19)11-4-2-3-9(7-11)14(17)10-5-6-13(16)12(15)8-10/h5-6,8-9,11,14,17H,2-4,7H2,1H3. The normalized spacial score (nSPS) is 25.4. The van der Waals surface area contributed by atoms with Crippen LogP contribution >= 0.6 is 34.2 Å². The zero-order valence-corrected chi connectivity index (χ0v) is 15.0. The van der Waals surface area contributed by atoms with E-state index in [0.717, 1.165) is 22.0 Å². The summed E-state index contributed by atoms with van der Waals surface area (Å²) in [5.41, 5.74) is 0.773. The largest absolute Gasteiger partial charge is 0.388 e. The first-order valence-electron chi connectivity index (χ1n) is 6.61. The summed E-state index contributed by atoms with van der Waals surface area (Å²) in [6, 6.07) is 5.51. The molecule has 0 heterocycles. The SMILES string of the molecule is CS(=O)(=O)C1CCCC(C(O)c2ccc(I)c(Cl)c2)C1. The maximum Gasteiger partial charge on any atom is 0.150 e. The van der Waals surface area contributed by atoms with Gasteiger partial charge in [-0.1, -0.05) is 24.1 Å². The first-order chi connectivity index (χ1) is 9.29. The van der Waals surface area contributed by atoms with E-state index in [1.54, 1.807) is 6.07 Å². The number of hydrogen-bond acceptors (Lipinski definition) is 3. The van der Waals surface area contributed by atoms with E-state index in [1.165, 1.54) is 6.26 Å². The van der Waals surface area contributed by atoms with E-state index in [2.05, 4.69) is 22.6 Å². The van der Waals surface area contributed by atoms with Crippen molar-refractivity contribution in [1.82, 2.24) is 0 Å². The van der Waals surface area contributed by atoms with Crippen LogP contribution in [-0.4, -0.2) is 25.0 Å². The Labute approximate surface area is 138 Å². The van der Waals surface area contributed by atoms with E-state index < -0.39 is 15.9 Å². The molecule has 1 fully saturated rings. The topological polar surface area (TPSA) is 54.4 Å². The molecule has 3 unspecified atom stereocenters. The minimum absolute atomic E-state index is 0.0143. The van der Waals surface area contributed by atoms with Gasteiger partial charge < -0.3 is 5.11 Å². The smallest absolute Gasteiger partial charge is 0.150 e. The van der Waals surface area contributed by atoms with Crippen LogP contribution in [0.25, 0.3) is 0 Å². The Morgan fingerprint density at radius 3 is 2.70 bits per heavy atom. The van der Waals surface area contributed by atoms with Gasteiger partial charge in [0.1, 0.15) is 9.84 Å². The number of sulfone groups is 1. The Balaban J connectivity index is 2.16. The molecule has 1 aromatic rings. The average molecular weight is 429 g/mol. The average Bonchev–Trinajstić information content (AvgIpc) is 2.40. The van der Waals surface area contributed by atoms with Crippen molar-refractivity contribution in [2.75, 3.05) is 6.26 Å². The molecule has 0 aliphatic heterocycles. The molecule has 1 saturated carbocycles. The van der Waals surface area contributed by atoms with Gasteiger partial charge in [0.15, 0.2) is 0 Å². The van der Waals surface area contributed by atoms with Crippen molar-refractivity contribution in [3.63, 3.8) is 0 Å². The molecule has 112 valence electrons. The number of aliphatic hydroxyl groups is 1. The van der Waals surface area contributed by atoms with Crippen molar-refractivity contribution >= 4 is 44.0 Å². The lowest BCUT2D eigenvalue weighted by molar-refractivity contribution is 0.0857. The molecule has 1 aromatic carbocycles. The molecule has 0 spiro atoms. The van der Waals surface area contributed by atoms with Gasteiger partial charge in [0.05, 0.1) is 16.4 Å². The van der Waals surface area contributed by atoms with Gasteiger partial charge in [-0.2, -0.15) is 0 Å². The molecule has 1 N–H and O–H groups in total. The zero-order chi connectivity index (χ0) is 14.9. The van der Waals surface area contributed by atoms with E-state index in [0.29, 0.717) is 17.9 Å². The van der Waals surface area contributed by atoms with E-state index in [9.17, 15) is 13.5 Å². The van der Waals surface area contributed by atoms with Crippen LogP contribution in [-0.2, 0) is 9.84 Å². The fourth-order valence-electron chi connectivity index (χ4n) is 2.83. The van der Waals surface area contributed by atoms with Crippen molar-refractivity contribution in [3.8, 4) is 0 Å². The van der Waals surface area contributed by atoms with Gasteiger partial charge in [-0.15, -0.1) is 0 Å². The molecule has 2 rings (SSSR count). The van der Waals surface area contributed by atoms with Crippen LogP contribution in [0.4, 0.5) is 0 Å². The van der Waals surface area contributed by atoms with Crippen LogP contribution in [0.1, 0.15) is 37.4 Å². The van der Waals surface area contributed by atoms with Crippen LogP contribution in [0.2, 0.25) is 5.02 Å². The highest BCUT2D eigenvalue weighted by Gasteiger charge is 2.33. The van der Waals surface area contributed by atoms with Crippen LogP contribution in [0, 0.1) is 9.49 Å². The van der Waals surface area contributed by atoms with Crippen molar-refractivity contribution in [2.24, 2.45) is 5.92 Å². The molecule has 3 atom stereocenters. The number of hydrogen-bond donors (Lipinski definition) is 1. The van der Waals surface area contributed by atoms with Gasteiger partial charge in [-0.3, -0.25) is 0 Å². The third-order valence-electron chi connectivity index (χ3n) is 4.00. The van der Waals surface area contributed by atoms with E-state index >= 15 is 0 Å². The highest BCUT2D eigenvalue weighted by molar-refractivity contribution is 14.1. The molecule has 6 heteroatoms. The Hall–Kier alpha value is 0.150. The third kappa shape index (κ3) is 3.87. The molecule has 0 amide bonds. The molecular weight excluding hydrogens is 411 g/mol. The second-order valence-electron chi connectivity index (χ2n) is 5.50. The molecule has 1 aliphatic rings. The van der Waals surface area contributed by atoms with Gasteiger partial charge in [0.2, 0.25) is 0 Å². The summed E-state index contributed by atoms with van der Waals surface area (Å²) >= 11 is 8.22. The minimum atomic E-state index is -3.03. The lowest BCUT2D eigenvalue weighted by atomic mass is 9.82. The van der Waals surface area contributed by atoms with Gasteiger partial charge in [0.25, 0.3) is 0 Å². The van der Waals surface area contributed by atoms with Gasteiger partial charge in [-0.05, 0) is 65.5 Å². The Kier molecular flexibility index (Phi) is 5.37. The molecule has 3 nitrogen and oxygen atoms in total. The highest BCUT2D eigenvalue weighted by atomic mass is 127. The van der Waals surface area contributed by atoms with Crippen molar-refractivity contribution in [1.29, 1.82) is 0 Å². The zero-order valence-electron chi connectivity index (χ0n) is 11.2. The lowest BCUT2D eigenvalue weighted by Crippen LogP contribution is -2.30. The number of aliphatic hydroxyl groups excluding tert-OH is 1. The van der Waals surface area contributed by atoms with E-state index in [-0.39, 0.29) is 11.2 Å². The summed E-state index contributed by atoms with van der Waals surface area (Å²) in [4.78, 5) is 0. The summed E-state index contributed by atoms with van der Waals surface area (Å²) in [7, 11) is -3.03. The minimum Gasteiger partial charge on any atom is -0.388 e. The summed E-state index contributed by atoms with van der Waals surface area (Å²) in [6.45, 7) is 0. The quantitative estimate of drug-likeness (QED) is 0.749. The monoisotopic (exact) mass is 428 g/mol. The third-order valence-corrected chi connectivity index (χ3v) is 7.22. The van der Waals surface area contributed by atoms with Crippen LogP contribution in [0.5, 0.6) is 0 Å². The first-order valence-corrected chi connectivity index (χ1v) is 10.0. The second-order valence-corrected chi connectivity index (χ2v) is 9.39. The molecule has 0 aromatic heterocycles. The molecule has 1 aliphatic carbocycles. The Bertz CT molecular complexity index is 588. The maximum atomic E-state index is 11.7. The number of halogens is 2. The van der Waals surface area contributed by atoms with Gasteiger partial charge in [0, 0.05) is 9.83 Å². The summed E-state index contributed by atoms with van der Waals surface area (Å²) in [5, 5.41) is 10.8. The second kappa shape index (κ2) is 6.50. The molecular formula is C14H18ClIO3S. The first kappa shape index (κ1) is 16.5. The predicted octanol–water partition coefficient (Wildman–Crippen LogP) is 3.58. The van der Waals surface area contributed by atoms with E-state index in [1.807, 2.05) is 12.1 Å². The lowest BCUT2D eigenvalue weighted by Gasteiger charge is -2.31. The van der Waals surface area contributed by atoms with E-state index in [4.69, 9.17) is 11.6 Å². The maximum absolute atomic E-state index is 11.7. The number of benzene rings is 1. The van der Waals surface area contributed by atoms with Gasteiger partial charge >= 0.3 is 0 Å². The van der Waals surface area contributed by atoms with Crippen LogP contribution in [0.3, 0.4) is 0 Å². The van der Waals surface area contributed by atoms with Crippen molar-refractivity contribution < 1.29 is 13.5 Å². The molecule has 0 radical (unpaired) electrons. The van der Waals surface area contributed by atoms with Gasteiger partial charge in [-0.25, -0.2) is 8.42 Å². The number of rotatable bonds is 3. The molecule has 0 saturated heterocycles. The molecule has 0 bridgehead atoms. The Morgan fingerprint density at radius 2 is 2.10 bits per heavy atom. The van der Waals surface area contributed by atoms with Crippen LogP contribution < -0.4 is 0 Å². The van der Waals surface area contributed by atoms with Crippen molar-refractivity contribution in [3.05, 3.63) is 32.4 Å². The van der Waals surface area contributed by atoms with Crippen molar-refractivity contribution in [2.45, 2.75) is 37.0 Å². The summed E-state index contributed by atoms with van der Waals surface area (Å²) < 4.78 is 24.3. The Morgan fingerprint density at radius 1 is 1.40 bits per heavy atom. The summed E-state index contributed by atoms with van der Waals surface area (Å²) in [5.74, 6) is -0.0143. The molecule has 20 heavy (non-hydrogen) atoms. The fourth-order valence-corrected chi connectivity index (χ4v) is 4.54. The predicted molar refractivity (Wildman–Crippen MR) is 89.7 cm³/mol. The fraction of sp³-hybridized carbons (Fsp3) is 0.571.